The Kier molecular flexibility index (Phi) is 7.35. The van der Waals surface area contributed by atoms with Crippen molar-refractivity contribution in [3.8, 4) is 6.07 Å². The van der Waals surface area contributed by atoms with Crippen molar-refractivity contribution in [3.05, 3.63) is 24.3 Å². The molecule has 8 nitrogen and oxygen atoms in total. The van der Waals surface area contributed by atoms with Crippen LogP contribution in [0.25, 0.3) is 0 Å². The maximum absolute atomic E-state index is 12.6. The number of anilines is 1. The zero-order valence-corrected chi connectivity index (χ0v) is 14.6. The van der Waals surface area contributed by atoms with Gasteiger partial charge < -0.3 is 5.73 Å². The van der Waals surface area contributed by atoms with E-state index in [1.807, 2.05) is 13.8 Å². The van der Waals surface area contributed by atoms with Gasteiger partial charge >= 0.3 is 0 Å². The van der Waals surface area contributed by atoms with Gasteiger partial charge in [0.2, 0.25) is 15.7 Å². The molecule has 0 radical (unpaired) electrons. The lowest BCUT2D eigenvalue weighted by Gasteiger charge is -2.21. The van der Waals surface area contributed by atoms with Crippen LogP contribution in [0.5, 0.6) is 0 Å². The zero-order valence-electron chi connectivity index (χ0n) is 13.8. The van der Waals surface area contributed by atoms with Crippen molar-refractivity contribution < 1.29 is 8.42 Å². The SMILES string of the molecule is CCCN(CCC)S(=O)(=O)c1ccc(N/N=C(\C#N)C(=N)N)cc1. The molecule has 0 heterocycles. The first-order valence-corrected chi connectivity index (χ1v) is 8.99. The smallest absolute Gasteiger partial charge is 0.243 e. The average molecular weight is 350 g/mol. The Hall–Kier alpha value is -2.44. The van der Waals surface area contributed by atoms with E-state index in [9.17, 15) is 8.42 Å². The molecule has 0 aliphatic rings. The summed E-state index contributed by atoms with van der Waals surface area (Å²) in [6, 6.07) is 7.73. The van der Waals surface area contributed by atoms with Crippen molar-refractivity contribution in [1.82, 2.24) is 4.31 Å². The highest BCUT2D eigenvalue weighted by Crippen LogP contribution is 2.19. The summed E-state index contributed by atoms with van der Waals surface area (Å²) < 4.78 is 26.7. The topological polar surface area (TPSA) is 135 Å². The molecular weight excluding hydrogens is 328 g/mol. The molecule has 0 fully saturated rings. The Bertz CT molecular complexity index is 728. The van der Waals surface area contributed by atoms with Crippen LogP contribution in [-0.2, 0) is 10.0 Å². The minimum atomic E-state index is -3.53. The number of benzene rings is 1. The molecule has 1 aromatic carbocycles. The number of hydrazone groups is 1. The van der Waals surface area contributed by atoms with Gasteiger partial charge in [0, 0.05) is 13.1 Å². The number of nitrogens with two attached hydrogens (primary N) is 1. The number of nitrogens with one attached hydrogen (secondary N) is 2. The number of hydrogen-bond acceptors (Lipinski definition) is 6. The van der Waals surface area contributed by atoms with Crippen molar-refractivity contribution in [2.24, 2.45) is 10.8 Å². The van der Waals surface area contributed by atoms with Gasteiger partial charge in [0.25, 0.3) is 0 Å². The first-order valence-electron chi connectivity index (χ1n) is 7.55. The first-order chi connectivity index (χ1) is 11.4. The fraction of sp³-hybridized carbons (Fsp3) is 0.400. The second kappa shape index (κ2) is 9.00. The van der Waals surface area contributed by atoms with E-state index in [1.165, 1.54) is 16.4 Å². The van der Waals surface area contributed by atoms with E-state index >= 15 is 0 Å². The highest BCUT2D eigenvalue weighted by molar-refractivity contribution is 7.89. The monoisotopic (exact) mass is 350 g/mol. The zero-order chi connectivity index (χ0) is 18.2. The van der Waals surface area contributed by atoms with E-state index in [4.69, 9.17) is 16.4 Å². The van der Waals surface area contributed by atoms with Crippen molar-refractivity contribution in [2.75, 3.05) is 18.5 Å². The van der Waals surface area contributed by atoms with Crippen LogP contribution in [0.3, 0.4) is 0 Å². The minimum absolute atomic E-state index is 0.200. The van der Waals surface area contributed by atoms with Gasteiger partial charge in [-0.15, -0.1) is 0 Å². The standard InChI is InChI=1S/C15H22N6O2S/c1-3-9-21(10-4-2)24(22,23)13-7-5-12(6-8-13)19-20-14(11-16)15(17)18/h5-8,19H,3-4,9-10H2,1-2H3,(H3,17,18)/b20-14+. The molecule has 0 amide bonds. The van der Waals surface area contributed by atoms with E-state index in [0.29, 0.717) is 18.8 Å². The highest BCUT2D eigenvalue weighted by atomic mass is 32.2. The fourth-order valence-corrected chi connectivity index (χ4v) is 3.59. The number of sulfonamides is 1. The van der Waals surface area contributed by atoms with Crippen molar-refractivity contribution in [2.45, 2.75) is 31.6 Å². The molecule has 1 aromatic rings. The lowest BCUT2D eigenvalue weighted by molar-refractivity contribution is 0.410. The minimum Gasteiger partial charge on any atom is -0.382 e. The van der Waals surface area contributed by atoms with Crippen LogP contribution in [-0.4, -0.2) is 37.4 Å². The Labute approximate surface area is 142 Å². The summed E-state index contributed by atoms with van der Waals surface area (Å²) in [5.41, 5.74) is 8.00. The quantitative estimate of drug-likeness (QED) is 0.354. The molecule has 130 valence electrons. The normalized spacial score (nSPS) is 12.0. The van der Waals surface area contributed by atoms with Crippen molar-refractivity contribution in [1.29, 1.82) is 10.7 Å². The van der Waals surface area contributed by atoms with Gasteiger partial charge in [0.05, 0.1) is 10.6 Å². The predicted molar refractivity (Wildman–Crippen MR) is 94.4 cm³/mol. The summed E-state index contributed by atoms with van der Waals surface area (Å²) >= 11 is 0. The molecule has 1 rings (SSSR count). The summed E-state index contributed by atoms with van der Waals surface area (Å²) in [6.07, 6.45) is 1.49. The number of nitrogens with zero attached hydrogens (tertiary/aromatic N) is 3. The van der Waals surface area contributed by atoms with Crippen molar-refractivity contribution in [3.63, 3.8) is 0 Å². The molecule has 4 N–H and O–H groups in total. The summed E-state index contributed by atoms with van der Waals surface area (Å²) in [7, 11) is -3.53. The molecule has 9 heteroatoms. The predicted octanol–water partition coefficient (Wildman–Crippen LogP) is 1.72. The number of hydrogen-bond donors (Lipinski definition) is 3. The maximum atomic E-state index is 12.6. The van der Waals surface area contributed by atoms with Crippen LogP contribution in [0.15, 0.2) is 34.3 Å². The molecular formula is C15H22N6O2S. The number of amidine groups is 1. The van der Waals surface area contributed by atoms with Crippen LogP contribution in [0, 0.1) is 16.7 Å². The first kappa shape index (κ1) is 19.6. The summed E-state index contributed by atoms with van der Waals surface area (Å²) in [5.74, 6) is -0.445. The molecule has 24 heavy (non-hydrogen) atoms. The number of nitriles is 1. The highest BCUT2D eigenvalue weighted by Gasteiger charge is 2.22. The van der Waals surface area contributed by atoms with Gasteiger partial charge in [0.1, 0.15) is 6.07 Å². The second-order valence-corrected chi connectivity index (χ2v) is 6.96. The largest absolute Gasteiger partial charge is 0.382 e. The molecule has 0 atom stereocenters. The third-order valence-corrected chi connectivity index (χ3v) is 5.01. The Morgan fingerprint density at radius 1 is 1.29 bits per heavy atom. The summed E-state index contributed by atoms with van der Waals surface area (Å²) in [6.45, 7) is 4.82. The summed E-state index contributed by atoms with van der Waals surface area (Å²) in [5, 5.41) is 19.6. The Morgan fingerprint density at radius 2 is 1.83 bits per heavy atom. The molecule has 0 spiro atoms. The molecule has 0 saturated heterocycles. The molecule has 0 aliphatic heterocycles. The van der Waals surface area contributed by atoms with E-state index in [0.717, 1.165) is 12.8 Å². The summed E-state index contributed by atoms with van der Waals surface area (Å²) in [4.78, 5) is 0.200. The molecule has 0 bridgehead atoms. The van der Waals surface area contributed by atoms with Crippen LogP contribution in [0.2, 0.25) is 0 Å². The van der Waals surface area contributed by atoms with Gasteiger partial charge in [-0.25, -0.2) is 8.42 Å². The lowest BCUT2D eigenvalue weighted by atomic mass is 10.3. The fourth-order valence-electron chi connectivity index (χ4n) is 1.97. The van der Waals surface area contributed by atoms with Crippen LogP contribution in [0.1, 0.15) is 26.7 Å². The van der Waals surface area contributed by atoms with Crippen LogP contribution >= 0.6 is 0 Å². The third kappa shape index (κ3) is 5.04. The Balaban J connectivity index is 2.98. The number of rotatable bonds is 9. The van der Waals surface area contributed by atoms with Gasteiger partial charge in [-0.05, 0) is 37.1 Å². The van der Waals surface area contributed by atoms with Gasteiger partial charge in [-0.2, -0.15) is 14.7 Å². The van der Waals surface area contributed by atoms with Crippen molar-refractivity contribution >= 4 is 27.3 Å². The Morgan fingerprint density at radius 3 is 2.25 bits per heavy atom. The van der Waals surface area contributed by atoms with Gasteiger partial charge in [0.15, 0.2) is 5.84 Å². The molecule has 0 unspecified atom stereocenters. The van der Waals surface area contributed by atoms with Gasteiger partial charge in [-0.1, -0.05) is 13.8 Å². The van der Waals surface area contributed by atoms with E-state index < -0.39 is 15.9 Å². The van der Waals surface area contributed by atoms with E-state index in [-0.39, 0.29) is 10.6 Å². The second-order valence-electron chi connectivity index (χ2n) is 5.03. The third-order valence-electron chi connectivity index (χ3n) is 3.10. The molecule has 0 aliphatic carbocycles. The molecule has 0 aromatic heterocycles. The average Bonchev–Trinajstić information content (AvgIpc) is 2.55. The van der Waals surface area contributed by atoms with E-state index in [1.54, 1.807) is 18.2 Å². The van der Waals surface area contributed by atoms with Crippen LogP contribution < -0.4 is 11.2 Å². The lowest BCUT2D eigenvalue weighted by Crippen LogP contribution is -2.32. The molecule has 0 saturated carbocycles. The van der Waals surface area contributed by atoms with E-state index in [2.05, 4.69) is 10.5 Å². The van der Waals surface area contributed by atoms with Crippen LogP contribution in [0.4, 0.5) is 5.69 Å². The van der Waals surface area contributed by atoms with Gasteiger partial charge in [-0.3, -0.25) is 10.8 Å². The maximum Gasteiger partial charge on any atom is 0.243 e.